The van der Waals surface area contributed by atoms with Gasteiger partial charge in [-0.05, 0) is 47.3 Å². The molecular formula is C13H20IN3O. The molecule has 1 aliphatic rings. The molecule has 1 aliphatic carbocycles. The van der Waals surface area contributed by atoms with Gasteiger partial charge in [0.1, 0.15) is 9.39 Å². The highest BCUT2D eigenvalue weighted by Crippen LogP contribution is 2.30. The maximum absolute atomic E-state index is 11.4. The summed E-state index contributed by atoms with van der Waals surface area (Å²) in [5.74, 6) is 2.38. The average Bonchev–Trinajstić information content (AvgIpc) is 2.41. The highest BCUT2D eigenvalue weighted by molar-refractivity contribution is 14.1. The molecule has 0 amide bonds. The molecule has 0 unspecified atom stereocenters. The second-order valence-electron chi connectivity index (χ2n) is 5.07. The first-order valence-corrected chi connectivity index (χ1v) is 7.75. The van der Waals surface area contributed by atoms with Crippen LogP contribution in [0.2, 0.25) is 0 Å². The van der Waals surface area contributed by atoms with Crippen molar-refractivity contribution in [2.75, 3.05) is 11.9 Å². The lowest BCUT2D eigenvalue weighted by Gasteiger charge is -2.28. The molecule has 0 bridgehead atoms. The number of hydrogen-bond donors (Lipinski definition) is 2. The topological polar surface area (TPSA) is 57.8 Å². The van der Waals surface area contributed by atoms with Gasteiger partial charge in [-0.1, -0.05) is 26.2 Å². The van der Waals surface area contributed by atoms with E-state index in [-0.39, 0.29) is 5.56 Å². The van der Waals surface area contributed by atoms with Crippen molar-refractivity contribution in [1.82, 2.24) is 9.97 Å². The SMILES string of the molecule is CCC1CCC(CNc2nc[nH]c(=O)c2I)CC1. The van der Waals surface area contributed by atoms with E-state index in [2.05, 4.69) is 22.2 Å². The third-order valence-corrected chi connectivity index (χ3v) is 4.90. The first-order chi connectivity index (χ1) is 8.70. The summed E-state index contributed by atoms with van der Waals surface area (Å²) < 4.78 is 0.650. The number of hydrogen-bond acceptors (Lipinski definition) is 3. The van der Waals surface area contributed by atoms with Crippen LogP contribution in [0.15, 0.2) is 11.1 Å². The van der Waals surface area contributed by atoms with Crippen LogP contribution in [-0.4, -0.2) is 16.5 Å². The van der Waals surface area contributed by atoms with E-state index in [0.29, 0.717) is 3.57 Å². The maximum Gasteiger partial charge on any atom is 0.266 e. The van der Waals surface area contributed by atoms with Gasteiger partial charge < -0.3 is 10.3 Å². The molecule has 1 fully saturated rings. The number of aromatic nitrogens is 2. The molecule has 0 aliphatic heterocycles. The number of H-pyrrole nitrogens is 1. The molecule has 100 valence electrons. The lowest BCUT2D eigenvalue weighted by Crippen LogP contribution is -2.23. The highest BCUT2D eigenvalue weighted by atomic mass is 127. The molecule has 2 rings (SSSR count). The molecule has 0 spiro atoms. The van der Waals surface area contributed by atoms with E-state index >= 15 is 0 Å². The van der Waals surface area contributed by atoms with E-state index in [4.69, 9.17) is 0 Å². The van der Waals surface area contributed by atoms with Crippen molar-refractivity contribution in [3.63, 3.8) is 0 Å². The third kappa shape index (κ3) is 3.46. The van der Waals surface area contributed by atoms with Crippen molar-refractivity contribution in [1.29, 1.82) is 0 Å². The molecule has 1 saturated carbocycles. The van der Waals surface area contributed by atoms with E-state index in [0.717, 1.165) is 24.2 Å². The standard InChI is InChI=1S/C13H20IN3O/c1-2-9-3-5-10(6-4-9)7-15-12-11(14)13(18)17-8-16-12/h8-10H,2-7H2,1H3,(H2,15,16,17,18). The van der Waals surface area contributed by atoms with Crippen molar-refractivity contribution >= 4 is 28.4 Å². The Balaban J connectivity index is 1.85. The monoisotopic (exact) mass is 361 g/mol. The molecule has 2 N–H and O–H groups in total. The average molecular weight is 361 g/mol. The van der Waals surface area contributed by atoms with Crippen molar-refractivity contribution in [3.05, 3.63) is 20.3 Å². The fourth-order valence-electron chi connectivity index (χ4n) is 2.59. The summed E-state index contributed by atoms with van der Waals surface area (Å²) in [6, 6.07) is 0. The van der Waals surface area contributed by atoms with Gasteiger partial charge in [0.2, 0.25) is 0 Å². The van der Waals surface area contributed by atoms with Gasteiger partial charge in [-0.3, -0.25) is 4.79 Å². The zero-order chi connectivity index (χ0) is 13.0. The maximum atomic E-state index is 11.4. The van der Waals surface area contributed by atoms with Crippen LogP contribution in [0.5, 0.6) is 0 Å². The number of nitrogens with one attached hydrogen (secondary N) is 2. The van der Waals surface area contributed by atoms with Gasteiger partial charge >= 0.3 is 0 Å². The summed E-state index contributed by atoms with van der Waals surface area (Å²) in [5, 5.41) is 3.32. The zero-order valence-electron chi connectivity index (χ0n) is 10.7. The van der Waals surface area contributed by atoms with Crippen LogP contribution in [0.25, 0.3) is 0 Å². The van der Waals surface area contributed by atoms with E-state index in [1.807, 2.05) is 22.6 Å². The normalized spacial score (nSPS) is 23.9. The van der Waals surface area contributed by atoms with E-state index in [9.17, 15) is 4.79 Å². The molecular weight excluding hydrogens is 341 g/mol. The molecule has 0 saturated heterocycles. The smallest absolute Gasteiger partial charge is 0.266 e. The summed E-state index contributed by atoms with van der Waals surface area (Å²) in [6.07, 6.45) is 8.07. The van der Waals surface area contributed by atoms with Crippen LogP contribution < -0.4 is 10.9 Å². The van der Waals surface area contributed by atoms with Gasteiger partial charge in [0, 0.05) is 6.54 Å². The minimum Gasteiger partial charge on any atom is -0.369 e. The lowest BCUT2D eigenvalue weighted by molar-refractivity contribution is 0.278. The Morgan fingerprint density at radius 2 is 2.06 bits per heavy atom. The van der Waals surface area contributed by atoms with Crippen LogP contribution in [0.3, 0.4) is 0 Å². The first-order valence-electron chi connectivity index (χ1n) is 6.67. The van der Waals surface area contributed by atoms with Crippen molar-refractivity contribution in [3.8, 4) is 0 Å². The van der Waals surface area contributed by atoms with E-state index < -0.39 is 0 Å². The fourth-order valence-corrected chi connectivity index (χ4v) is 3.08. The predicted molar refractivity (Wildman–Crippen MR) is 81.8 cm³/mol. The Hall–Kier alpha value is -0.590. The fraction of sp³-hybridized carbons (Fsp3) is 0.692. The molecule has 18 heavy (non-hydrogen) atoms. The molecule has 5 heteroatoms. The number of aromatic amines is 1. The van der Waals surface area contributed by atoms with Crippen molar-refractivity contribution in [2.45, 2.75) is 39.0 Å². The second kappa shape index (κ2) is 6.54. The van der Waals surface area contributed by atoms with Crippen LogP contribution in [-0.2, 0) is 0 Å². The van der Waals surface area contributed by atoms with Gasteiger partial charge in [0.05, 0.1) is 6.33 Å². The van der Waals surface area contributed by atoms with Gasteiger partial charge in [0.15, 0.2) is 0 Å². The summed E-state index contributed by atoms with van der Waals surface area (Å²) in [7, 11) is 0. The Kier molecular flexibility index (Phi) is 5.03. The van der Waals surface area contributed by atoms with Gasteiger partial charge in [-0.25, -0.2) is 4.98 Å². The summed E-state index contributed by atoms with van der Waals surface area (Å²) in [5.41, 5.74) is -0.0669. The number of halogens is 1. The van der Waals surface area contributed by atoms with E-state index in [1.54, 1.807) is 0 Å². The predicted octanol–water partition coefficient (Wildman–Crippen LogP) is 3.00. The molecule has 0 aromatic carbocycles. The zero-order valence-corrected chi connectivity index (χ0v) is 12.9. The molecule has 1 heterocycles. The Morgan fingerprint density at radius 1 is 1.39 bits per heavy atom. The molecule has 1 aromatic rings. The summed E-state index contributed by atoms with van der Waals surface area (Å²) in [6.45, 7) is 3.22. The number of nitrogens with zero attached hydrogens (tertiary/aromatic N) is 1. The molecule has 0 atom stereocenters. The lowest BCUT2D eigenvalue weighted by atomic mass is 9.81. The van der Waals surface area contributed by atoms with Crippen LogP contribution >= 0.6 is 22.6 Å². The second-order valence-corrected chi connectivity index (χ2v) is 6.15. The van der Waals surface area contributed by atoms with Crippen LogP contribution in [0.4, 0.5) is 5.82 Å². The van der Waals surface area contributed by atoms with Crippen molar-refractivity contribution in [2.24, 2.45) is 11.8 Å². The Bertz CT molecular complexity index is 438. The van der Waals surface area contributed by atoms with Crippen LogP contribution in [0, 0.1) is 15.4 Å². The Morgan fingerprint density at radius 3 is 2.72 bits per heavy atom. The van der Waals surface area contributed by atoms with Crippen molar-refractivity contribution < 1.29 is 0 Å². The summed E-state index contributed by atoms with van der Waals surface area (Å²) >= 11 is 2.04. The highest BCUT2D eigenvalue weighted by Gasteiger charge is 2.20. The Labute approximate surface area is 121 Å². The van der Waals surface area contributed by atoms with Gasteiger partial charge in [0.25, 0.3) is 5.56 Å². The van der Waals surface area contributed by atoms with E-state index in [1.165, 1.54) is 38.4 Å². The number of anilines is 1. The number of rotatable bonds is 4. The summed E-state index contributed by atoms with van der Waals surface area (Å²) in [4.78, 5) is 18.2. The first kappa shape index (κ1) is 13.8. The van der Waals surface area contributed by atoms with Gasteiger partial charge in [-0.2, -0.15) is 0 Å². The molecule has 4 nitrogen and oxygen atoms in total. The van der Waals surface area contributed by atoms with Crippen LogP contribution in [0.1, 0.15) is 39.0 Å². The minimum atomic E-state index is -0.0669. The third-order valence-electron chi connectivity index (χ3n) is 3.90. The van der Waals surface area contributed by atoms with Gasteiger partial charge in [-0.15, -0.1) is 0 Å². The molecule has 0 radical (unpaired) electrons. The minimum absolute atomic E-state index is 0.0669. The quantitative estimate of drug-likeness (QED) is 0.811. The largest absolute Gasteiger partial charge is 0.369 e. The molecule has 1 aromatic heterocycles.